The Balaban J connectivity index is 2.89. The summed E-state index contributed by atoms with van der Waals surface area (Å²) in [5, 5.41) is 0.992. The van der Waals surface area contributed by atoms with Gasteiger partial charge in [0.1, 0.15) is 5.75 Å². The van der Waals surface area contributed by atoms with E-state index >= 15 is 0 Å². The molecule has 100 valence electrons. The maximum absolute atomic E-state index is 12.7. The number of hydroxylamine groups is 2. The molecule has 0 unspecified atom stereocenters. The molecule has 1 amide bonds. The van der Waals surface area contributed by atoms with Gasteiger partial charge in [0.2, 0.25) is 0 Å². The predicted octanol–water partition coefficient (Wildman–Crippen LogP) is 2.35. The second kappa shape index (κ2) is 5.77. The van der Waals surface area contributed by atoms with Crippen LogP contribution in [0.4, 0.5) is 8.78 Å². The van der Waals surface area contributed by atoms with E-state index in [9.17, 15) is 13.6 Å². The lowest BCUT2D eigenvalue weighted by Crippen LogP contribution is -2.27. The van der Waals surface area contributed by atoms with E-state index in [1.807, 2.05) is 0 Å². The van der Waals surface area contributed by atoms with Gasteiger partial charge in [-0.05, 0) is 12.1 Å². The molecule has 0 radical (unpaired) electrons. The smallest absolute Gasteiger partial charge is 0.280 e. The Morgan fingerprint density at radius 2 is 2.00 bits per heavy atom. The van der Waals surface area contributed by atoms with Crippen molar-refractivity contribution >= 4 is 5.91 Å². The molecule has 1 aromatic rings. The van der Waals surface area contributed by atoms with Gasteiger partial charge < -0.3 is 4.74 Å². The third-order valence-electron chi connectivity index (χ3n) is 2.16. The summed E-state index contributed by atoms with van der Waals surface area (Å²) < 4.78 is 30.4. The number of benzene rings is 1. The molecule has 0 atom stereocenters. The van der Waals surface area contributed by atoms with Crippen LogP contribution in [0.1, 0.15) is 17.3 Å². The molecule has 0 spiro atoms. The Morgan fingerprint density at radius 3 is 2.56 bits per heavy atom. The summed E-state index contributed by atoms with van der Waals surface area (Å²) >= 11 is 0. The molecule has 0 fully saturated rings. The van der Waals surface area contributed by atoms with Crippen LogP contribution in [0.5, 0.6) is 5.75 Å². The molecule has 0 bridgehead atoms. The fourth-order valence-corrected chi connectivity index (χ4v) is 1.23. The first kappa shape index (κ1) is 14.4. The number of carbonyl (C=O) groups excluding carboxylic acids is 1. The summed E-state index contributed by atoms with van der Waals surface area (Å²) in [5.74, 6) is -3.32. The fraction of sp³-hybridized carbons (Fsp3) is 0.417. The van der Waals surface area contributed by atoms with Crippen LogP contribution in [0, 0.1) is 0 Å². The first-order valence-electron chi connectivity index (χ1n) is 5.27. The van der Waals surface area contributed by atoms with Crippen molar-refractivity contribution in [3.05, 3.63) is 29.8 Å². The molecule has 0 N–H and O–H groups in total. The lowest BCUT2D eigenvalue weighted by atomic mass is 10.2. The van der Waals surface area contributed by atoms with Crippen LogP contribution in [0.25, 0.3) is 0 Å². The lowest BCUT2D eigenvalue weighted by molar-refractivity contribution is -0.0761. The van der Waals surface area contributed by atoms with E-state index in [1.54, 1.807) is 12.1 Å². The molecule has 0 heterocycles. The molecule has 0 saturated carbocycles. The molecule has 0 aromatic heterocycles. The summed E-state index contributed by atoms with van der Waals surface area (Å²) in [5.41, 5.74) is 0.172. The summed E-state index contributed by atoms with van der Waals surface area (Å²) in [6.45, 7) is -0.0350. The Labute approximate surface area is 104 Å². The van der Waals surface area contributed by atoms with Gasteiger partial charge in [-0.2, -0.15) is 0 Å². The van der Waals surface area contributed by atoms with Gasteiger partial charge in [0.25, 0.3) is 11.8 Å². The van der Waals surface area contributed by atoms with Crippen molar-refractivity contribution < 1.29 is 23.1 Å². The van der Waals surface area contributed by atoms with Crippen molar-refractivity contribution in [2.75, 3.05) is 20.8 Å². The Kier molecular flexibility index (Phi) is 4.61. The monoisotopic (exact) mass is 259 g/mol. The number of hydrogen-bond donors (Lipinski definition) is 0. The minimum atomic E-state index is -2.96. The van der Waals surface area contributed by atoms with E-state index in [1.165, 1.54) is 26.3 Å². The molecule has 0 aliphatic carbocycles. The van der Waals surface area contributed by atoms with Gasteiger partial charge in [-0.3, -0.25) is 9.63 Å². The first-order valence-corrected chi connectivity index (χ1v) is 5.27. The van der Waals surface area contributed by atoms with Crippen molar-refractivity contribution in [2.24, 2.45) is 0 Å². The summed E-state index contributed by atoms with van der Waals surface area (Å²) in [6, 6.07) is 6.17. The van der Waals surface area contributed by atoms with Gasteiger partial charge >= 0.3 is 0 Å². The van der Waals surface area contributed by atoms with Crippen molar-refractivity contribution in [3.8, 4) is 5.75 Å². The SMILES string of the molecule is CON(C)C(=O)c1ccccc1OCC(C)(F)F. The fourth-order valence-electron chi connectivity index (χ4n) is 1.23. The summed E-state index contributed by atoms with van der Waals surface area (Å²) in [6.07, 6.45) is 0. The number of ether oxygens (including phenoxy) is 1. The van der Waals surface area contributed by atoms with Crippen LogP contribution in [-0.4, -0.2) is 37.7 Å². The standard InChI is InChI=1S/C12H15F2NO3/c1-12(13,14)8-18-10-7-5-4-6-9(10)11(16)15(2)17-3/h4-7H,8H2,1-3H3. The van der Waals surface area contributed by atoms with Gasteiger partial charge in [0.05, 0.1) is 12.7 Å². The van der Waals surface area contributed by atoms with Crippen LogP contribution in [0.15, 0.2) is 24.3 Å². The number of amides is 1. The van der Waals surface area contributed by atoms with E-state index in [4.69, 9.17) is 9.57 Å². The maximum atomic E-state index is 12.7. The number of alkyl halides is 2. The van der Waals surface area contributed by atoms with Gasteiger partial charge in [0, 0.05) is 14.0 Å². The number of nitrogens with zero attached hydrogens (tertiary/aromatic N) is 1. The van der Waals surface area contributed by atoms with Gasteiger partial charge in [-0.25, -0.2) is 13.8 Å². The van der Waals surface area contributed by atoms with E-state index in [2.05, 4.69) is 0 Å². The van der Waals surface area contributed by atoms with Crippen LogP contribution in [0.2, 0.25) is 0 Å². The normalized spacial score (nSPS) is 11.2. The number of para-hydroxylation sites is 1. The van der Waals surface area contributed by atoms with Crippen LogP contribution < -0.4 is 4.74 Å². The number of carbonyl (C=O) groups is 1. The van der Waals surface area contributed by atoms with E-state index in [0.29, 0.717) is 0 Å². The number of hydrogen-bond acceptors (Lipinski definition) is 3. The van der Waals surface area contributed by atoms with E-state index in [-0.39, 0.29) is 11.3 Å². The molecule has 4 nitrogen and oxygen atoms in total. The zero-order chi connectivity index (χ0) is 13.8. The average Bonchev–Trinajstić information content (AvgIpc) is 2.34. The van der Waals surface area contributed by atoms with E-state index in [0.717, 1.165) is 12.0 Å². The minimum Gasteiger partial charge on any atom is -0.486 e. The highest BCUT2D eigenvalue weighted by Crippen LogP contribution is 2.22. The second-order valence-electron chi connectivity index (χ2n) is 3.84. The average molecular weight is 259 g/mol. The molecule has 0 aliphatic heterocycles. The third-order valence-corrected chi connectivity index (χ3v) is 2.16. The molecular weight excluding hydrogens is 244 g/mol. The number of rotatable bonds is 5. The largest absolute Gasteiger partial charge is 0.486 e. The summed E-state index contributed by atoms with van der Waals surface area (Å²) in [7, 11) is 2.76. The Morgan fingerprint density at radius 1 is 1.39 bits per heavy atom. The van der Waals surface area contributed by atoms with Crippen molar-refractivity contribution in [1.29, 1.82) is 0 Å². The minimum absolute atomic E-state index is 0.105. The van der Waals surface area contributed by atoms with Crippen molar-refractivity contribution in [2.45, 2.75) is 12.8 Å². The Bertz CT molecular complexity index is 418. The molecule has 0 saturated heterocycles. The highest BCUT2D eigenvalue weighted by molar-refractivity contribution is 5.96. The first-order chi connectivity index (χ1) is 8.35. The van der Waals surface area contributed by atoms with Crippen molar-refractivity contribution in [3.63, 3.8) is 0 Å². The zero-order valence-electron chi connectivity index (χ0n) is 10.4. The molecule has 1 aromatic carbocycles. The second-order valence-corrected chi connectivity index (χ2v) is 3.84. The van der Waals surface area contributed by atoms with Gasteiger partial charge in [-0.15, -0.1) is 0 Å². The zero-order valence-corrected chi connectivity index (χ0v) is 10.4. The van der Waals surface area contributed by atoms with Crippen LogP contribution >= 0.6 is 0 Å². The quantitative estimate of drug-likeness (QED) is 0.762. The van der Waals surface area contributed by atoms with Gasteiger partial charge in [-0.1, -0.05) is 12.1 Å². The molecule has 0 aliphatic rings. The van der Waals surface area contributed by atoms with Crippen molar-refractivity contribution in [1.82, 2.24) is 5.06 Å². The molecule has 1 rings (SSSR count). The highest BCUT2D eigenvalue weighted by atomic mass is 19.3. The Hall–Kier alpha value is -1.69. The summed E-state index contributed by atoms with van der Waals surface area (Å²) in [4.78, 5) is 16.6. The molecule has 18 heavy (non-hydrogen) atoms. The predicted molar refractivity (Wildman–Crippen MR) is 61.7 cm³/mol. The highest BCUT2D eigenvalue weighted by Gasteiger charge is 2.24. The van der Waals surface area contributed by atoms with Gasteiger partial charge in [0.15, 0.2) is 6.61 Å². The third kappa shape index (κ3) is 3.96. The van der Waals surface area contributed by atoms with Crippen LogP contribution in [-0.2, 0) is 4.84 Å². The number of halogens is 2. The topological polar surface area (TPSA) is 38.8 Å². The van der Waals surface area contributed by atoms with Crippen LogP contribution in [0.3, 0.4) is 0 Å². The van der Waals surface area contributed by atoms with E-state index < -0.39 is 18.4 Å². The maximum Gasteiger partial charge on any atom is 0.280 e. The molecule has 6 heteroatoms. The lowest BCUT2D eigenvalue weighted by Gasteiger charge is -2.17. The molecular formula is C12H15F2NO3.